The van der Waals surface area contributed by atoms with E-state index in [4.69, 9.17) is 4.42 Å². The van der Waals surface area contributed by atoms with E-state index in [2.05, 4.69) is 15.2 Å². The van der Waals surface area contributed by atoms with Crippen LogP contribution in [0.2, 0.25) is 0 Å². The molecule has 0 amide bonds. The first-order chi connectivity index (χ1) is 12.1. The molecule has 7 nitrogen and oxygen atoms in total. The number of aromatic nitrogens is 3. The molecule has 1 saturated heterocycles. The van der Waals surface area contributed by atoms with E-state index < -0.39 is 10.0 Å². The summed E-state index contributed by atoms with van der Waals surface area (Å²) in [5.41, 5.74) is 0.744. The Bertz CT molecular complexity index is 958. The first-order valence-electron chi connectivity index (χ1n) is 7.93. The van der Waals surface area contributed by atoms with E-state index in [1.54, 1.807) is 48.8 Å². The molecule has 4 rings (SSSR count). The molecule has 1 atom stereocenters. The Labute approximate surface area is 145 Å². The lowest BCUT2D eigenvalue weighted by molar-refractivity contribution is 0.440. The van der Waals surface area contributed by atoms with Gasteiger partial charge in [0.25, 0.3) is 0 Å². The Kier molecular flexibility index (Phi) is 4.06. The maximum Gasteiger partial charge on any atom is 0.249 e. The minimum absolute atomic E-state index is 0.101. The average Bonchev–Trinajstić information content (AvgIpc) is 3.33. The molecule has 3 aromatic rings. The molecule has 1 aliphatic heterocycles. The number of nitrogens with zero attached hydrogens (tertiary/aromatic N) is 4. The minimum atomic E-state index is -3.49. The number of benzene rings is 1. The molecule has 0 radical (unpaired) electrons. The zero-order chi connectivity index (χ0) is 17.3. The second-order valence-corrected chi connectivity index (χ2v) is 7.79. The zero-order valence-corrected chi connectivity index (χ0v) is 14.1. The molecule has 128 valence electrons. The van der Waals surface area contributed by atoms with Crippen molar-refractivity contribution in [1.29, 1.82) is 0 Å². The zero-order valence-electron chi connectivity index (χ0n) is 13.3. The van der Waals surface area contributed by atoms with Crippen molar-refractivity contribution < 1.29 is 12.8 Å². The monoisotopic (exact) mass is 356 g/mol. The van der Waals surface area contributed by atoms with Crippen molar-refractivity contribution in [3.8, 4) is 11.5 Å². The van der Waals surface area contributed by atoms with Crippen LogP contribution in [0.3, 0.4) is 0 Å². The summed E-state index contributed by atoms with van der Waals surface area (Å²) in [6.07, 6.45) is 3.98. The molecule has 0 aliphatic carbocycles. The van der Waals surface area contributed by atoms with Crippen LogP contribution < -0.4 is 0 Å². The highest BCUT2D eigenvalue weighted by atomic mass is 32.2. The summed E-state index contributed by atoms with van der Waals surface area (Å²) in [5.74, 6) is 0.758. The molecule has 8 heteroatoms. The van der Waals surface area contributed by atoms with Gasteiger partial charge in [-0.1, -0.05) is 18.2 Å². The van der Waals surface area contributed by atoms with Crippen molar-refractivity contribution in [3.63, 3.8) is 0 Å². The fourth-order valence-corrected chi connectivity index (χ4v) is 4.42. The van der Waals surface area contributed by atoms with Gasteiger partial charge in [0, 0.05) is 25.5 Å². The SMILES string of the molecule is O=S(=O)(c1ccccc1)N1CC[C@@H](c2nnc(-c3cccnc3)o2)C1. The lowest BCUT2D eigenvalue weighted by Crippen LogP contribution is -2.28. The largest absolute Gasteiger partial charge is 0.420 e. The molecule has 1 aliphatic rings. The fourth-order valence-electron chi connectivity index (χ4n) is 2.90. The molecule has 0 bridgehead atoms. The van der Waals surface area contributed by atoms with Gasteiger partial charge >= 0.3 is 0 Å². The molecule has 2 aromatic heterocycles. The van der Waals surface area contributed by atoms with Crippen LogP contribution in [0.5, 0.6) is 0 Å². The predicted octanol–water partition coefficient (Wildman–Crippen LogP) is 2.31. The van der Waals surface area contributed by atoms with Crippen LogP contribution >= 0.6 is 0 Å². The maximum atomic E-state index is 12.7. The van der Waals surface area contributed by atoms with E-state index in [0.717, 1.165) is 5.56 Å². The van der Waals surface area contributed by atoms with Gasteiger partial charge in [-0.3, -0.25) is 4.98 Å². The quantitative estimate of drug-likeness (QED) is 0.713. The molecular formula is C17H16N4O3S. The molecule has 1 aromatic carbocycles. The highest BCUT2D eigenvalue weighted by Crippen LogP contribution is 2.31. The van der Waals surface area contributed by atoms with Gasteiger partial charge in [0.15, 0.2) is 0 Å². The van der Waals surface area contributed by atoms with Gasteiger partial charge in [-0.25, -0.2) is 8.42 Å². The number of hydrogen-bond acceptors (Lipinski definition) is 6. The second kappa shape index (κ2) is 6.38. The summed E-state index contributed by atoms with van der Waals surface area (Å²) in [6, 6.07) is 12.1. The summed E-state index contributed by atoms with van der Waals surface area (Å²) in [5, 5.41) is 8.15. The highest BCUT2D eigenvalue weighted by Gasteiger charge is 2.35. The number of sulfonamides is 1. The Morgan fingerprint density at radius 2 is 1.92 bits per heavy atom. The molecule has 0 saturated carbocycles. The average molecular weight is 356 g/mol. The Balaban J connectivity index is 1.53. The molecule has 3 heterocycles. The van der Waals surface area contributed by atoms with Gasteiger partial charge in [0.1, 0.15) is 0 Å². The molecule has 1 fully saturated rings. The Morgan fingerprint density at radius 1 is 1.08 bits per heavy atom. The van der Waals surface area contributed by atoms with Gasteiger partial charge < -0.3 is 4.42 Å². The smallest absolute Gasteiger partial charge is 0.249 e. The lowest BCUT2D eigenvalue weighted by Gasteiger charge is -2.15. The van der Waals surface area contributed by atoms with Crippen LogP contribution in [0.25, 0.3) is 11.5 Å². The second-order valence-electron chi connectivity index (χ2n) is 5.85. The maximum absolute atomic E-state index is 12.7. The van der Waals surface area contributed by atoms with E-state index in [1.807, 2.05) is 6.07 Å². The van der Waals surface area contributed by atoms with Gasteiger partial charge in [0.2, 0.25) is 21.8 Å². The Hall–Kier alpha value is -2.58. The summed E-state index contributed by atoms with van der Waals surface area (Å²) in [4.78, 5) is 4.33. The molecule has 0 spiro atoms. The van der Waals surface area contributed by atoms with Crippen LogP contribution in [0.4, 0.5) is 0 Å². The first-order valence-corrected chi connectivity index (χ1v) is 9.37. The third-order valence-corrected chi connectivity index (χ3v) is 6.11. The summed E-state index contributed by atoms with van der Waals surface area (Å²) in [7, 11) is -3.49. The van der Waals surface area contributed by atoms with E-state index in [9.17, 15) is 8.42 Å². The summed E-state index contributed by atoms with van der Waals surface area (Å²) in [6.45, 7) is 0.776. The number of rotatable bonds is 4. The first kappa shape index (κ1) is 15.9. The third kappa shape index (κ3) is 3.06. The van der Waals surface area contributed by atoms with Crippen molar-refractivity contribution in [1.82, 2.24) is 19.5 Å². The van der Waals surface area contributed by atoms with Gasteiger partial charge in [-0.05, 0) is 30.7 Å². The van der Waals surface area contributed by atoms with E-state index in [-0.39, 0.29) is 5.92 Å². The van der Waals surface area contributed by atoms with Crippen molar-refractivity contribution in [2.24, 2.45) is 0 Å². The van der Waals surface area contributed by atoms with Gasteiger partial charge in [0.05, 0.1) is 16.4 Å². The highest BCUT2D eigenvalue weighted by molar-refractivity contribution is 7.89. The van der Waals surface area contributed by atoms with Crippen molar-refractivity contribution in [2.45, 2.75) is 17.2 Å². The summed E-state index contributed by atoms with van der Waals surface area (Å²) < 4.78 is 32.6. The van der Waals surface area contributed by atoms with Crippen LogP contribution in [0.1, 0.15) is 18.2 Å². The molecule has 0 unspecified atom stereocenters. The Morgan fingerprint density at radius 3 is 2.68 bits per heavy atom. The third-order valence-electron chi connectivity index (χ3n) is 4.23. The van der Waals surface area contributed by atoms with Crippen molar-refractivity contribution in [2.75, 3.05) is 13.1 Å². The van der Waals surface area contributed by atoms with E-state index in [1.165, 1.54) is 4.31 Å². The van der Waals surface area contributed by atoms with Gasteiger partial charge in [-0.2, -0.15) is 4.31 Å². The lowest BCUT2D eigenvalue weighted by atomic mass is 10.1. The van der Waals surface area contributed by atoms with Gasteiger partial charge in [-0.15, -0.1) is 10.2 Å². The normalized spacial score (nSPS) is 18.5. The molecule has 0 N–H and O–H groups in total. The van der Waals surface area contributed by atoms with E-state index in [0.29, 0.717) is 36.2 Å². The predicted molar refractivity (Wildman–Crippen MR) is 90.1 cm³/mol. The minimum Gasteiger partial charge on any atom is -0.420 e. The van der Waals surface area contributed by atoms with Crippen molar-refractivity contribution in [3.05, 3.63) is 60.7 Å². The standard InChI is InChI=1S/C17H16N4O3S/c22-25(23,15-6-2-1-3-7-15)21-10-8-14(12-21)17-20-19-16(24-17)13-5-4-9-18-11-13/h1-7,9,11,14H,8,10,12H2/t14-/m1/s1. The van der Waals surface area contributed by atoms with Crippen LogP contribution in [-0.2, 0) is 10.0 Å². The van der Waals surface area contributed by atoms with Crippen LogP contribution in [0, 0.1) is 0 Å². The molecule has 25 heavy (non-hydrogen) atoms. The van der Waals surface area contributed by atoms with Crippen LogP contribution in [0.15, 0.2) is 64.2 Å². The van der Waals surface area contributed by atoms with Crippen LogP contribution in [-0.4, -0.2) is 41.0 Å². The number of pyridine rings is 1. The fraction of sp³-hybridized carbons (Fsp3) is 0.235. The number of hydrogen-bond donors (Lipinski definition) is 0. The van der Waals surface area contributed by atoms with E-state index >= 15 is 0 Å². The summed E-state index contributed by atoms with van der Waals surface area (Å²) >= 11 is 0. The molecular weight excluding hydrogens is 340 g/mol. The van der Waals surface area contributed by atoms with Crippen molar-refractivity contribution >= 4 is 10.0 Å². The topological polar surface area (TPSA) is 89.2 Å².